The van der Waals surface area contributed by atoms with Crippen LogP contribution in [0, 0.1) is 13.8 Å². The van der Waals surface area contributed by atoms with Crippen molar-refractivity contribution in [3.8, 4) is 5.82 Å². The molecule has 1 amide bonds. The predicted molar refractivity (Wildman–Crippen MR) is 98.1 cm³/mol. The van der Waals surface area contributed by atoms with Gasteiger partial charge in [0.15, 0.2) is 5.82 Å². The fraction of sp³-hybridized carbons (Fsp3) is 0.300. The second-order valence-corrected chi connectivity index (χ2v) is 6.74. The molecule has 132 valence electrons. The molecular weight excluding hydrogens is 326 g/mol. The first-order valence-corrected chi connectivity index (χ1v) is 8.82. The van der Waals surface area contributed by atoms with Gasteiger partial charge in [-0.05, 0) is 55.5 Å². The van der Waals surface area contributed by atoms with E-state index in [0.717, 1.165) is 19.4 Å². The van der Waals surface area contributed by atoms with Crippen molar-refractivity contribution >= 4 is 5.91 Å². The van der Waals surface area contributed by atoms with Gasteiger partial charge in [-0.2, -0.15) is 5.10 Å². The van der Waals surface area contributed by atoms with Gasteiger partial charge >= 0.3 is 0 Å². The number of carbonyl (C=O) groups is 1. The van der Waals surface area contributed by atoms with Crippen molar-refractivity contribution in [3.05, 3.63) is 71.4 Å². The third-order valence-electron chi connectivity index (χ3n) is 5.08. The highest BCUT2D eigenvalue weighted by molar-refractivity contribution is 5.95. The Bertz CT molecular complexity index is 935. The molecule has 3 aromatic rings. The largest absolute Gasteiger partial charge is 0.332 e. The lowest BCUT2D eigenvalue weighted by Gasteiger charge is -2.26. The lowest BCUT2D eigenvalue weighted by atomic mass is 9.99. The van der Waals surface area contributed by atoms with Crippen LogP contribution in [-0.2, 0) is 0 Å². The van der Waals surface area contributed by atoms with Crippen molar-refractivity contribution in [1.29, 1.82) is 0 Å². The zero-order valence-corrected chi connectivity index (χ0v) is 15.0. The fourth-order valence-corrected chi connectivity index (χ4v) is 3.50. The van der Waals surface area contributed by atoms with Gasteiger partial charge in [0.25, 0.3) is 5.91 Å². The Labute approximate surface area is 152 Å². The number of hydrogen-bond acceptors (Lipinski definition) is 4. The minimum atomic E-state index is 0.0366. The van der Waals surface area contributed by atoms with E-state index >= 15 is 0 Å². The van der Waals surface area contributed by atoms with Gasteiger partial charge in [0, 0.05) is 18.3 Å². The highest BCUT2D eigenvalue weighted by atomic mass is 16.2. The van der Waals surface area contributed by atoms with Crippen LogP contribution >= 0.6 is 0 Å². The van der Waals surface area contributed by atoms with Gasteiger partial charge in [-0.25, -0.2) is 14.6 Å². The molecule has 1 aliphatic heterocycles. The molecule has 0 aliphatic carbocycles. The van der Waals surface area contributed by atoms with E-state index in [0.29, 0.717) is 11.4 Å². The van der Waals surface area contributed by atoms with E-state index in [1.807, 2.05) is 4.90 Å². The van der Waals surface area contributed by atoms with Crippen LogP contribution in [0.15, 0.2) is 49.2 Å². The molecule has 0 N–H and O–H groups in total. The van der Waals surface area contributed by atoms with E-state index in [1.54, 1.807) is 29.3 Å². The zero-order chi connectivity index (χ0) is 18.1. The molecule has 1 atom stereocenters. The van der Waals surface area contributed by atoms with Gasteiger partial charge in [0.2, 0.25) is 0 Å². The highest BCUT2D eigenvalue weighted by Gasteiger charge is 2.31. The molecule has 1 aromatic carbocycles. The Morgan fingerprint density at radius 2 is 2.04 bits per heavy atom. The molecule has 4 rings (SSSR count). The standard InChI is InChI=1S/C20H21N5O/c1-14-5-6-16(10-15(14)2)18-4-3-9-24(18)20(26)17-7-8-22-19(11-17)25-13-21-12-23-25/h5-8,10-13,18H,3-4,9H2,1-2H3/t18-/m0/s1. The van der Waals surface area contributed by atoms with Gasteiger partial charge in [-0.3, -0.25) is 4.79 Å². The highest BCUT2D eigenvalue weighted by Crippen LogP contribution is 2.34. The second-order valence-electron chi connectivity index (χ2n) is 6.74. The minimum Gasteiger partial charge on any atom is -0.332 e. The third kappa shape index (κ3) is 2.98. The summed E-state index contributed by atoms with van der Waals surface area (Å²) in [7, 11) is 0. The van der Waals surface area contributed by atoms with Crippen LogP contribution < -0.4 is 0 Å². The lowest BCUT2D eigenvalue weighted by molar-refractivity contribution is 0.0735. The fourth-order valence-electron chi connectivity index (χ4n) is 3.50. The average Bonchev–Trinajstić information content (AvgIpc) is 3.35. The van der Waals surface area contributed by atoms with Gasteiger partial charge < -0.3 is 4.90 Å². The van der Waals surface area contributed by atoms with Crippen LogP contribution in [0.3, 0.4) is 0 Å². The van der Waals surface area contributed by atoms with Crippen molar-refractivity contribution in [1.82, 2.24) is 24.6 Å². The van der Waals surface area contributed by atoms with Crippen molar-refractivity contribution in [2.75, 3.05) is 6.54 Å². The Balaban J connectivity index is 1.63. The smallest absolute Gasteiger partial charge is 0.254 e. The zero-order valence-electron chi connectivity index (χ0n) is 15.0. The molecule has 0 unspecified atom stereocenters. The summed E-state index contributed by atoms with van der Waals surface area (Å²) < 4.78 is 1.56. The first-order valence-electron chi connectivity index (χ1n) is 8.82. The van der Waals surface area contributed by atoms with Gasteiger partial charge in [-0.1, -0.05) is 18.2 Å². The number of aromatic nitrogens is 4. The number of likely N-dealkylation sites (tertiary alicyclic amines) is 1. The Kier molecular flexibility index (Phi) is 4.24. The van der Waals surface area contributed by atoms with Crippen molar-refractivity contribution in [2.45, 2.75) is 32.7 Å². The summed E-state index contributed by atoms with van der Waals surface area (Å²) in [5.74, 6) is 0.629. The number of aryl methyl sites for hydroxylation is 2. The second kappa shape index (κ2) is 6.71. The molecule has 2 aromatic heterocycles. The number of nitrogens with zero attached hydrogens (tertiary/aromatic N) is 5. The topological polar surface area (TPSA) is 63.9 Å². The third-order valence-corrected chi connectivity index (χ3v) is 5.08. The monoisotopic (exact) mass is 347 g/mol. The SMILES string of the molecule is Cc1ccc([C@@H]2CCCN2C(=O)c2ccnc(-n3cncn3)c2)cc1C. The van der Waals surface area contributed by atoms with E-state index in [1.165, 1.54) is 23.0 Å². The summed E-state index contributed by atoms with van der Waals surface area (Å²) in [6, 6.07) is 10.2. The van der Waals surface area contributed by atoms with E-state index in [2.05, 4.69) is 47.1 Å². The Morgan fingerprint density at radius 1 is 1.15 bits per heavy atom. The quantitative estimate of drug-likeness (QED) is 0.729. The van der Waals surface area contributed by atoms with Gasteiger partial charge in [0.1, 0.15) is 12.7 Å². The van der Waals surface area contributed by atoms with Crippen LogP contribution in [-0.4, -0.2) is 37.1 Å². The summed E-state index contributed by atoms with van der Waals surface area (Å²) >= 11 is 0. The predicted octanol–water partition coefficient (Wildman–Crippen LogP) is 3.26. The molecule has 0 spiro atoms. The maximum absolute atomic E-state index is 13.2. The molecule has 1 saturated heterocycles. The summed E-state index contributed by atoms with van der Waals surface area (Å²) in [6.07, 6.45) is 6.68. The van der Waals surface area contributed by atoms with Crippen molar-refractivity contribution in [3.63, 3.8) is 0 Å². The first-order chi connectivity index (χ1) is 12.6. The number of carbonyl (C=O) groups excluding carboxylic acids is 1. The van der Waals surface area contributed by atoms with Gasteiger partial charge in [0.05, 0.1) is 6.04 Å². The van der Waals surface area contributed by atoms with Crippen LogP contribution in [0.1, 0.15) is 45.9 Å². The number of amides is 1. The molecule has 3 heterocycles. The molecular formula is C20H21N5O. The molecule has 0 saturated carbocycles. The molecule has 6 heteroatoms. The summed E-state index contributed by atoms with van der Waals surface area (Å²) in [5, 5.41) is 4.08. The number of rotatable bonds is 3. The number of hydrogen-bond donors (Lipinski definition) is 0. The summed E-state index contributed by atoms with van der Waals surface area (Å²) in [6.45, 7) is 5.00. The first kappa shape index (κ1) is 16.4. The Morgan fingerprint density at radius 3 is 2.81 bits per heavy atom. The van der Waals surface area contributed by atoms with Crippen LogP contribution in [0.2, 0.25) is 0 Å². The minimum absolute atomic E-state index is 0.0366. The molecule has 1 aliphatic rings. The lowest BCUT2D eigenvalue weighted by Crippen LogP contribution is -2.30. The van der Waals surface area contributed by atoms with Crippen molar-refractivity contribution < 1.29 is 4.79 Å². The molecule has 6 nitrogen and oxygen atoms in total. The summed E-state index contributed by atoms with van der Waals surface area (Å²) in [4.78, 5) is 23.3. The van der Waals surface area contributed by atoms with E-state index < -0.39 is 0 Å². The maximum atomic E-state index is 13.2. The number of benzene rings is 1. The van der Waals surface area contributed by atoms with Crippen LogP contribution in [0.5, 0.6) is 0 Å². The Hall–Kier alpha value is -3.02. The maximum Gasteiger partial charge on any atom is 0.254 e. The van der Waals surface area contributed by atoms with Gasteiger partial charge in [-0.15, -0.1) is 0 Å². The molecule has 0 radical (unpaired) electrons. The van der Waals surface area contributed by atoms with E-state index in [4.69, 9.17) is 0 Å². The normalized spacial score (nSPS) is 16.8. The molecule has 26 heavy (non-hydrogen) atoms. The van der Waals surface area contributed by atoms with Crippen LogP contribution in [0.25, 0.3) is 5.82 Å². The van der Waals surface area contributed by atoms with Crippen molar-refractivity contribution in [2.24, 2.45) is 0 Å². The van der Waals surface area contributed by atoms with E-state index in [9.17, 15) is 4.79 Å². The van der Waals surface area contributed by atoms with E-state index in [-0.39, 0.29) is 11.9 Å². The summed E-state index contributed by atoms with van der Waals surface area (Å²) in [5.41, 5.74) is 4.38. The average molecular weight is 347 g/mol. The molecule has 0 bridgehead atoms. The molecule has 1 fully saturated rings. The van der Waals surface area contributed by atoms with Crippen LogP contribution in [0.4, 0.5) is 0 Å². The number of pyridine rings is 1.